The van der Waals surface area contributed by atoms with Gasteiger partial charge in [-0.3, -0.25) is 9.59 Å². The summed E-state index contributed by atoms with van der Waals surface area (Å²) in [5.41, 5.74) is -1.45. The van der Waals surface area contributed by atoms with E-state index in [-0.39, 0.29) is 26.1 Å². The summed E-state index contributed by atoms with van der Waals surface area (Å²) >= 11 is 0. The zero-order valence-corrected chi connectivity index (χ0v) is 19.9. The summed E-state index contributed by atoms with van der Waals surface area (Å²) in [5.74, 6) is -2.99. The molecular formula is C23H40N2O8. The van der Waals surface area contributed by atoms with Crippen molar-refractivity contribution in [1.82, 2.24) is 10.6 Å². The summed E-state index contributed by atoms with van der Waals surface area (Å²) in [4.78, 5) is 49.7. The lowest BCUT2D eigenvalue weighted by atomic mass is 10.0. The van der Waals surface area contributed by atoms with Crippen LogP contribution in [-0.4, -0.2) is 72.5 Å². The number of ether oxygens (including phenoxy) is 2. The van der Waals surface area contributed by atoms with Gasteiger partial charge in [0.05, 0.1) is 26.4 Å². The smallest absolute Gasteiger partial charge is 0.331 e. The van der Waals surface area contributed by atoms with E-state index in [4.69, 9.17) is 9.47 Å². The fourth-order valence-corrected chi connectivity index (χ4v) is 3.24. The quantitative estimate of drug-likeness (QED) is 0.131. The van der Waals surface area contributed by atoms with Crippen molar-refractivity contribution in [2.75, 3.05) is 26.4 Å². The number of esters is 2. The standard InChI is InChI=1S/C23H40N2O8/c1-3-5-7-9-13-32-19(28)17(15-26)24-21(30)23(11-12-23)22(31)25-18(16-27)20(29)33-14-10-8-6-4-2/h17-18,26-27H,3-16H2,1-2H3,(H,24,30)(H,25,31)/t17-,18-/m1/s1. The highest BCUT2D eigenvalue weighted by molar-refractivity contribution is 6.09. The maximum Gasteiger partial charge on any atom is 0.331 e. The minimum atomic E-state index is -1.45. The minimum Gasteiger partial charge on any atom is -0.464 e. The van der Waals surface area contributed by atoms with Crippen LogP contribution >= 0.6 is 0 Å². The average molecular weight is 473 g/mol. The molecule has 2 atom stereocenters. The molecule has 1 fully saturated rings. The SMILES string of the molecule is CCCCCCOC(=O)[C@@H](CO)NC(=O)C1(C(=O)N[C@H](CO)C(=O)OCCCCCC)CC1. The van der Waals surface area contributed by atoms with Gasteiger partial charge < -0.3 is 30.3 Å². The van der Waals surface area contributed by atoms with Crippen molar-refractivity contribution in [2.24, 2.45) is 5.41 Å². The molecule has 0 bridgehead atoms. The largest absolute Gasteiger partial charge is 0.464 e. The third-order valence-corrected chi connectivity index (χ3v) is 5.65. The molecule has 0 aromatic rings. The van der Waals surface area contributed by atoms with Gasteiger partial charge in [0.25, 0.3) is 0 Å². The predicted octanol–water partition coefficient (Wildman–Crippen LogP) is 0.968. The Labute approximate surface area is 195 Å². The van der Waals surface area contributed by atoms with E-state index in [2.05, 4.69) is 24.5 Å². The second-order valence-electron chi connectivity index (χ2n) is 8.46. The average Bonchev–Trinajstić information content (AvgIpc) is 3.62. The molecule has 0 heterocycles. The molecule has 0 aliphatic heterocycles. The second-order valence-corrected chi connectivity index (χ2v) is 8.46. The van der Waals surface area contributed by atoms with E-state index >= 15 is 0 Å². The van der Waals surface area contributed by atoms with Crippen LogP contribution in [-0.2, 0) is 28.7 Å². The van der Waals surface area contributed by atoms with Crippen LogP contribution in [0.5, 0.6) is 0 Å². The predicted molar refractivity (Wildman–Crippen MR) is 120 cm³/mol. The summed E-state index contributed by atoms with van der Waals surface area (Å²) in [6.07, 6.45) is 7.78. The van der Waals surface area contributed by atoms with E-state index in [0.717, 1.165) is 38.5 Å². The van der Waals surface area contributed by atoms with Gasteiger partial charge in [0.2, 0.25) is 11.8 Å². The normalized spacial score (nSPS) is 15.8. The molecule has 0 radical (unpaired) electrons. The summed E-state index contributed by atoms with van der Waals surface area (Å²) < 4.78 is 10.2. The fraction of sp³-hybridized carbons (Fsp3) is 0.826. The summed E-state index contributed by atoms with van der Waals surface area (Å²) in [6, 6.07) is -2.56. The van der Waals surface area contributed by atoms with Crippen molar-refractivity contribution >= 4 is 23.8 Å². The number of hydrogen-bond acceptors (Lipinski definition) is 8. The van der Waals surface area contributed by atoms with Crippen LogP contribution in [0.4, 0.5) is 0 Å². The Balaban J connectivity index is 2.54. The molecule has 1 aliphatic rings. The van der Waals surface area contributed by atoms with Gasteiger partial charge in [0, 0.05) is 0 Å². The first kappa shape index (κ1) is 28.8. The first-order valence-electron chi connectivity index (χ1n) is 12.0. The molecule has 4 N–H and O–H groups in total. The van der Waals surface area contributed by atoms with Gasteiger partial charge in [0.15, 0.2) is 12.1 Å². The Morgan fingerprint density at radius 2 is 1.12 bits per heavy atom. The first-order chi connectivity index (χ1) is 15.9. The zero-order chi connectivity index (χ0) is 24.7. The second kappa shape index (κ2) is 15.6. The highest BCUT2D eigenvalue weighted by Gasteiger charge is 2.57. The van der Waals surface area contributed by atoms with Crippen LogP contribution in [0, 0.1) is 5.41 Å². The van der Waals surface area contributed by atoms with Gasteiger partial charge in [-0.15, -0.1) is 0 Å². The molecule has 0 saturated heterocycles. The summed E-state index contributed by atoms with van der Waals surface area (Å²) in [5, 5.41) is 23.7. The number of carbonyl (C=O) groups is 4. The van der Waals surface area contributed by atoms with Crippen LogP contribution < -0.4 is 10.6 Å². The minimum absolute atomic E-state index is 0.190. The molecule has 0 unspecified atom stereocenters. The highest BCUT2D eigenvalue weighted by Crippen LogP contribution is 2.46. The van der Waals surface area contributed by atoms with Gasteiger partial charge in [0.1, 0.15) is 5.41 Å². The van der Waals surface area contributed by atoms with Crippen LogP contribution in [0.3, 0.4) is 0 Å². The van der Waals surface area contributed by atoms with Crippen molar-refractivity contribution in [3.05, 3.63) is 0 Å². The Bertz CT molecular complexity index is 586. The molecule has 10 heteroatoms. The molecule has 2 amide bonds. The lowest BCUT2D eigenvalue weighted by molar-refractivity contribution is -0.152. The van der Waals surface area contributed by atoms with Crippen LogP contribution in [0.25, 0.3) is 0 Å². The Morgan fingerprint density at radius 3 is 1.42 bits per heavy atom. The van der Waals surface area contributed by atoms with Crippen LogP contribution in [0.2, 0.25) is 0 Å². The molecule has 1 aliphatic carbocycles. The molecule has 1 saturated carbocycles. The van der Waals surface area contributed by atoms with Gasteiger partial charge >= 0.3 is 11.9 Å². The third-order valence-electron chi connectivity index (χ3n) is 5.65. The van der Waals surface area contributed by atoms with E-state index in [1.807, 2.05) is 0 Å². The van der Waals surface area contributed by atoms with Crippen LogP contribution in [0.1, 0.15) is 78.1 Å². The van der Waals surface area contributed by atoms with E-state index < -0.39 is 54.5 Å². The number of amides is 2. The molecule has 33 heavy (non-hydrogen) atoms. The van der Waals surface area contributed by atoms with Gasteiger partial charge in [-0.1, -0.05) is 52.4 Å². The van der Waals surface area contributed by atoms with Gasteiger partial charge in [-0.05, 0) is 25.7 Å². The number of rotatable bonds is 18. The lowest BCUT2D eigenvalue weighted by Gasteiger charge is -2.22. The maximum absolute atomic E-state index is 12.7. The zero-order valence-electron chi connectivity index (χ0n) is 19.9. The molecule has 0 aromatic heterocycles. The van der Waals surface area contributed by atoms with Crippen molar-refractivity contribution in [3.8, 4) is 0 Å². The Hall–Kier alpha value is -2.20. The fourth-order valence-electron chi connectivity index (χ4n) is 3.24. The molecule has 10 nitrogen and oxygen atoms in total. The monoisotopic (exact) mass is 472 g/mol. The molecule has 0 spiro atoms. The van der Waals surface area contributed by atoms with Crippen LogP contribution in [0.15, 0.2) is 0 Å². The van der Waals surface area contributed by atoms with Crippen molar-refractivity contribution < 1.29 is 38.9 Å². The summed E-state index contributed by atoms with van der Waals surface area (Å²) in [7, 11) is 0. The van der Waals surface area contributed by atoms with Crippen molar-refractivity contribution in [3.63, 3.8) is 0 Å². The summed E-state index contributed by atoms with van der Waals surface area (Å²) in [6.45, 7) is 3.17. The number of hydrogen-bond donors (Lipinski definition) is 4. The van der Waals surface area contributed by atoms with E-state index in [1.165, 1.54) is 0 Å². The van der Waals surface area contributed by atoms with Crippen molar-refractivity contribution in [2.45, 2.75) is 90.1 Å². The Kier molecular flexibility index (Phi) is 13.6. The topological polar surface area (TPSA) is 151 Å². The number of aliphatic hydroxyl groups excluding tert-OH is 2. The van der Waals surface area contributed by atoms with E-state index in [1.54, 1.807) is 0 Å². The van der Waals surface area contributed by atoms with Crippen molar-refractivity contribution in [1.29, 1.82) is 0 Å². The number of carbonyl (C=O) groups excluding carboxylic acids is 4. The first-order valence-corrected chi connectivity index (χ1v) is 12.0. The third kappa shape index (κ3) is 9.67. The van der Waals surface area contributed by atoms with Gasteiger partial charge in [-0.25, -0.2) is 9.59 Å². The molecule has 190 valence electrons. The van der Waals surface area contributed by atoms with E-state index in [9.17, 15) is 29.4 Å². The van der Waals surface area contributed by atoms with Gasteiger partial charge in [-0.2, -0.15) is 0 Å². The number of unbranched alkanes of at least 4 members (excludes halogenated alkanes) is 6. The number of nitrogens with one attached hydrogen (secondary N) is 2. The highest BCUT2D eigenvalue weighted by atomic mass is 16.5. The molecule has 0 aromatic carbocycles. The Morgan fingerprint density at radius 1 is 0.727 bits per heavy atom. The molecular weight excluding hydrogens is 432 g/mol. The lowest BCUT2D eigenvalue weighted by Crippen LogP contribution is -2.54. The maximum atomic E-state index is 12.7. The molecule has 1 rings (SSSR count). The van der Waals surface area contributed by atoms with E-state index in [0.29, 0.717) is 12.8 Å². The number of aliphatic hydroxyl groups is 2.